The molecule has 2 heteroatoms. The van der Waals surface area contributed by atoms with Crippen molar-refractivity contribution in [3.05, 3.63) is 47.0 Å². The summed E-state index contributed by atoms with van der Waals surface area (Å²) in [5.41, 5.74) is 3.34. The number of rotatable bonds is 2. The van der Waals surface area contributed by atoms with E-state index in [9.17, 15) is 5.11 Å². The smallest absolute Gasteiger partial charge is 0.0648 e. The first-order valence-electron chi connectivity index (χ1n) is 4.85. The number of allylic oxidation sites excluding steroid dienone is 1. The van der Waals surface area contributed by atoms with Gasteiger partial charge in [-0.1, -0.05) is 30.3 Å². The highest BCUT2D eigenvalue weighted by Gasteiger charge is 2.21. The molecule has 1 atom stereocenters. The van der Waals surface area contributed by atoms with Crippen LogP contribution in [0.25, 0.3) is 0 Å². The van der Waals surface area contributed by atoms with Crippen molar-refractivity contribution < 1.29 is 10.2 Å². The van der Waals surface area contributed by atoms with Gasteiger partial charge in [0.2, 0.25) is 0 Å². The number of fused-ring (bicyclic) bond motifs is 1. The van der Waals surface area contributed by atoms with E-state index in [0.717, 1.165) is 17.6 Å². The van der Waals surface area contributed by atoms with Crippen LogP contribution in [0.15, 0.2) is 35.9 Å². The molecule has 0 saturated heterocycles. The van der Waals surface area contributed by atoms with Crippen molar-refractivity contribution in [3.8, 4) is 0 Å². The van der Waals surface area contributed by atoms with E-state index in [2.05, 4.69) is 6.07 Å². The molecule has 2 N–H and O–H groups in total. The largest absolute Gasteiger partial charge is 0.395 e. The Morgan fingerprint density at radius 1 is 1.21 bits per heavy atom. The molecule has 0 aromatic heterocycles. The lowest BCUT2D eigenvalue weighted by atomic mass is 9.83. The average molecular weight is 190 g/mol. The van der Waals surface area contributed by atoms with Crippen molar-refractivity contribution in [2.24, 2.45) is 0 Å². The van der Waals surface area contributed by atoms with Gasteiger partial charge in [-0.25, -0.2) is 0 Å². The van der Waals surface area contributed by atoms with Crippen LogP contribution in [0, 0.1) is 0 Å². The maximum Gasteiger partial charge on any atom is 0.0648 e. The van der Waals surface area contributed by atoms with Gasteiger partial charge in [-0.05, 0) is 23.1 Å². The molecule has 1 aromatic rings. The van der Waals surface area contributed by atoms with Crippen LogP contribution in [-0.4, -0.2) is 23.4 Å². The average Bonchev–Trinajstić information content (AvgIpc) is 2.27. The molecule has 1 aromatic carbocycles. The van der Waals surface area contributed by atoms with Gasteiger partial charge in [-0.15, -0.1) is 0 Å². The fourth-order valence-corrected chi connectivity index (χ4v) is 2.03. The Morgan fingerprint density at radius 2 is 2.00 bits per heavy atom. The second-order valence-electron chi connectivity index (χ2n) is 3.58. The Bertz CT molecular complexity index is 355. The molecule has 0 radical (unpaired) electrons. The molecule has 14 heavy (non-hydrogen) atoms. The predicted octanol–water partition coefficient (Wildman–Crippen LogP) is 1.24. The first kappa shape index (κ1) is 9.44. The van der Waals surface area contributed by atoms with Gasteiger partial charge in [-0.2, -0.15) is 0 Å². The highest BCUT2D eigenvalue weighted by molar-refractivity contribution is 5.41. The molecule has 0 amide bonds. The van der Waals surface area contributed by atoms with Crippen molar-refractivity contribution in [1.82, 2.24) is 0 Å². The normalized spacial score (nSPS) is 20.1. The van der Waals surface area contributed by atoms with Gasteiger partial charge in [0, 0.05) is 5.92 Å². The van der Waals surface area contributed by atoms with E-state index in [1.807, 2.05) is 24.3 Å². The standard InChI is InChI=1S/C12H14O2/c13-7-10-6-5-9-3-1-2-4-11(9)12(10)8-14/h1-4,6,12-14H,5,7-8H2. The van der Waals surface area contributed by atoms with E-state index in [4.69, 9.17) is 5.11 Å². The van der Waals surface area contributed by atoms with E-state index in [1.165, 1.54) is 5.56 Å². The zero-order valence-corrected chi connectivity index (χ0v) is 7.98. The lowest BCUT2D eigenvalue weighted by molar-refractivity contribution is 0.257. The summed E-state index contributed by atoms with van der Waals surface area (Å²) in [6.45, 7) is 0.114. The first-order valence-corrected chi connectivity index (χ1v) is 4.85. The van der Waals surface area contributed by atoms with Crippen LogP contribution < -0.4 is 0 Å². The van der Waals surface area contributed by atoms with Crippen molar-refractivity contribution in [2.75, 3.05) is 13.2 Å². The van der Waals surface area contributed by atoms with Crippen LogP contribution in [-0.2, 0) is 6.42 Å². The summed E-state index contributed by atoms with van der Waals surface area (Å²) < 4.78 is 0. The molecule has 2 rings (SSSR count). The molecule has 0 spiro atoms. The highest BCUT2D eigenvalue weighted by Crippen LogP contribution is 2.31. The molecule has 1 aliphatic rings. The van der Waals surface area contributed by atoms with Crippen molar-refractivity contribution in [1.29, 1.82) is 0 Å². The van der Waals surface area contributed by atoms with Gasteiger partial charge < -0.3 is 10.2 Å². The fourth-order valence-electron chi connectivity index (χ4n) is 2.03. The van der Waals surface area contributed by atoms with Crippen LogP contribution in [0.1, 0.15) is 17.0 Å². The predicted molar refractivity (Wildman–Crippen MR) is 55.1 cm³/mol. The lowest BCUT2D eigenvalue weighted by Gasteiger charge is -2.24. The summed E-state index contributed by atoms with van der Waals surface area (Å²) >= 11 is 0. The third kappa shape index (κ3) is 1.47. The number of hydrogen-bond acceptors (Lipinski definition) is 2. The van der Waals surface area contributed by atoms with Gasteiger partial charge in [0.1, 0.15) is 0 Å². The summed E-state index contributed by atoms with van der Waals surface area (Å²) in [5.74, 6) is -0.00931. The van der Waals surface area contributed by atoms with E-state index in [1.54, 1.807) is 0 Å². The van der Waals surface area contributed by atoms with Crippen LogP contribution in [0.3, 0.4) is 0 Å². The molecule has 2 nitrogen and oxygen atoms in total. The van der Waals surface area contributed by atoms with E-state index in [-0.39, 0.29) is 19.1 Å². The van der Waals surface area contributed by atoms with E-state index < -0.39 is 0 Å². The Labute approximate surface area is 83.5 Å². The molecule has 1 aliphatic carbocycles. The van der Waals surface area contributed by atoms with Crippen LogP contribution >= 0.6 is 0 Å². The number of aliphatic hydroxyl groups excluding tert-OH is 2. The summed E-state index contributed by atoms with van der Waals surface area (Å²) in [6, 6.07) is 8.08. The Kier molecular flexibility index (Phi) is 2.66. The second-order valence-corrected chi connectivity index (χ2v) is 3.58. The van der Waals surface area contributed by atoms with Crippen molar-refractivity contribution in [2.45, 2.75) is 12.3 Å². The second kappa shape index (κ2) is 3.95. The van der Waals surface area contributed by atoms with Crippen LogP contribution in [0.5, 0.6) is 0 Å². The van der Waals surface area contributed by atoms with Gasteiger partial charge in [0.15, 0.2) is 0 Å². The maximum absolute atomic E-state index is 9.29. The molecule has 74 valence electrons. The maximum atomic E-state index is 9.29. The summed E-state index contributed by atoms with van der Waals surface area (Å²) in [6.07, 6.45) is 2.88. The summed E-state index contributed by atoms with van der Waals surface area (Å²) in [4.78, 5) is 0. The van der Waals surface area contributed by atoms with Crippen LogP contribution in [0.2, 0.25) is 0 Å². The molecule has 0 saturated carbocycles. The quantitative estimate of drug-likeness (QED) is 0.689. The van der Waals surface area contributed by atoms with E-state index in [0.29, 0.717) is 0 Å². The minimum absolute atomic E-state index is 0.00931. The number of hydrogen-bond donors (Lipinski definition) is 2. The lowest BCUT2D eigenvalue weighted by Crippen LogP contribution is -2.16. The van der Waals surface area contributed by atoms with Gasteiger partial charge in [-0.3, -0.25) is 0 Å². The monoisotopic (exact) mass is 190 g/mol. The van der Waals surface area contributed by atoms with E-state index >= 15 is 0 Å². The Morgan fingerprint density at radius 3 is 2.71 bits per heavy atom. The third-order valence-electron chi connectivity index (χ3n) is 2.83. The molecule has 1 unspecified atom stereocenters. The minimum Gasteiger partial charge on any atom is -0.395 e. The zero-order valence-electron chi connectivity index (χ0n) is 7.98. The third-order valence-corrected chi connectivity index (χ3v) is 2.83. The Balaban J connectivity index is 2.41. The summed E-state index contributed by atoms with van der Waals surface area (Å²) in [7, 11) is 0. The number of benzene rings is 1. The zero-order chi connectivity index (χ0) is 9.97. The molecular weight excluding hydrogens is 176 g/mol. The summed E-state index contributed by atoms with van der Waals surface area (Å²) in [5, 5.41) is 18.4. The van der Waals surface area contributed by atoms with Gasteiger partial charge >= 0.3 is 0 Å². The van der Waals surface area contributed by atoms with Crippen molar-refractivity contribution >= 4 is 0 Å². The first-order chi connectivity index (χ1) is 6.86. The molecular formula is C12H14O2. The van der Waals surface area contributed by atoms with Gasteiger partial charge in [0.05, 0.1) is 13.2 Å². The van der Waals surface area contributed by atoms with Crippen LogP contribution in [0.4, 0.5) is 0 Å². The SMILES string of the molecule is OCC1=CCc2ccccc2C1CO. The van der Waals surface area contributed by atoms with Gasteiger partial charge in [0.25, 0.3) is 0 Å². The highest BCUT2D eigenvalue weighted by atomic mass is 16.3. The van der Waals surface area contributed by atoms with Crippen molar-refractivity contribution in [3.63, 3.8) is 0 Å². The topological polar surface area (TPSA) is 40.5 Å². The fraction of sp³-hybridized carbons (Fsp3) is 0.333. The molecule has 0 heterocycles. The Hall–Kier alpha value is -1.12. The molecule has 0 fully saturated rings. The minimum atomic E-state index is -0.00931. The number of aliphatic hydroxyl groups is 2. The molecule has 0 bridgehead atoms. The molecule has 0 aliphatic heterocycles.